The van der Waals surface area contributed by atoms with Crippen molar-refractivity contribution in [1.29, 1.82) is 0 Å². The van der Waals surface area contributed by atoms with E-state index in [1.54, 1.807) is 12.7 Å². The van der Waals surface area contributed by atoms with Crippen molar-refractivity contribution in [3.05, 3.63) is 498 Å². The van der Waals surface area contributed by atoms with Gasteiger partial charge in [-0.05, 0) is 143 Å². The summed E-state index contributed by atoms with van der Waals surface area (Å²) in [5.41, 5.74) is 30.1. The third-order valence-electron chi connectivity index (χ3n) is 23.8. The first-order chi connectivity index (χ1) is 67.2. The van der Waals surface area contributed by atoms with Gasteiger partial charge in [0, 0.05) is 134 Å². The maximum Gasteiger partial charge on any atom is 0.105 e. The smallest absolute Gasteiger partial charge is 0.105 e. The molecule has 676 valence electrons. The average Bonchev–Trinajstić information content (AvgIpc) is 1.59. The van der Waals surface area contributed by atoms with Crippen LogP contribution in [0.3, 0.4) is 0 Å². The molecule has 16 aromatic carbocycles. The standard InChI is InChI=1S/C40H24N2S.C24H16N2.2C17H12N.2C14H15N2.2Ir/c1-3-17-33-30(14-1)31-15-2-4-18-34(31)39-38(33)41-24-36(42-39)28-13-8-11-26(23-28)25-10-7-12-27(22-25)29-19-9-20-35-32-16-5-6-21-37(32)43-40(29)35;1-3-7-17(8-4-1)19-13-15-25-23-21(19)11-12-22-20(14-16-26-24(22)23)18-9-5-2-6-10-18;2*1-3-7-14(8-4-1)16-11-12-18-17(13-16)15-9-5-2-6-10-15;2*1-14(2,3)13-9-12(15-10-16-13)11-7-5-4-6-8-11;;/h1-24H;1-16H;2*1-9,11-13H;2*4-7,9-10H,1-3H3;;/q;;4*-1;;. The summed E-state index contributed by atoms with van der Waals surface area (Å²) in [6.45, 7) is 12.9. The Bertz CT molecular complexity index is 7830. The van der Waals surface area contributed by atoms with Crippen LogP contribution in [0.15, 0.2) is 462 Å². The minimum atomic E-state index is 0. The van der Waals surface area contributed by atoms with E-state index in [9.17, 15) is 0 Å². The molecule has 0 N–H and O–H groups in total. The van der Waals surface area contributed by atoms with Crippen molar-refractivity contribution in [2.75, 3.05) is 0 Å². The van der Waals surface area contributed by atoms with Crippen LogP contribution < -0.4 is 0 Å². The van der Waals surface area contributed by atoms with Gasteiger partial charge in [-0.2, -0.15) is 0 Å². The van der Waals surface area contributed by atoms with E-state index < -0.39 is 0 Å². The van der Waals surface area contributed by atoms with Gasteiger partial charge in [0.15, 0.2) is 0 Å². The quantitative estimate of drug-likeness (QED) is 0.0912. The molecule has 8 aromatic heterocycles. The first-order valence-corrected chi connectivity index (χ1v) is 46.6. The number of fused-ring (bicyclic) bond motifs is 12. The van der Waals surface area contributed by atoms with E-state index in [1.807, 2.05) is 212 Å². The molecule has 0 amide bonds. The van der Waals surface area contributed by atoms with Crippen LogP contribution in [0.4, 0.5) is 0 Å². The monoisotopic (exact) mass is 2160 g/mol. The second kappa shape index (κ2) is 44.3. The summed E-state index contributed by atoms with van der Waals surface area (Å²) in [6.07, 6.45) is 12.6. The molecular weight excluding hydrogens is 2070 g/mol. The van der Waals surface area contributed by atoms with Crippen LogP contribution in [0.5, 0.6) is 0 Å². The van der Waals surface area contributed by atoms with Gasteiger partial charge in [0.05, 0.1) is 34.0 Å². The SMILES string of the molecule is CC(C)(C)c1cc(-c2[c-]cccc2)ncn1.CC(C)(C)c1cc(-c2[c-]cccc2)ncn1.[Ir].[Ir].[c-]1ccccc1-c1cc(-c2ccccc2)ccn1.[c-]1ccccc1-c1cc(-c2ccccc2)ccn1.c1cc(-c2cccc(-c3cccc4c3sc3ccccc34)c2)cc(-c2cnc3c4ccccc4c4ccccc4c3n2)c1.c1ccc(-c2ccnc3c2ccc2c(-c4ccccc4)ccnc23)cc1. The summed E-state index contributed by atoms with van der Waals surface area (Å²) in [7, 11) is 0. The fraction of sp³-hybridized carbons (Fsp3) is 0.0635. The second-order valence-corrected chi connectivity index (χ2v) is 36.1. The Balaban J connectivity index is 0.000000121. The Hall–Kier alpha value is -15.8. The molecule has 139 heavy (non-hydrogen) atoms. The van der Waals surface area contributed by atoms with Gasteiger partial charge in [0.2, 0.25) is 0 Å². The molecule has 0 spiro atoms. The predicted molar refractivity (Wildman–Crippen MR) is 570 cm³/mol. The van der Waals surface area contributed by atoms with E-state index in [0.717, 1.165) is 117 Å². The fourth-order valence-electron chi connectivity index (χ4n) is 16.8. The maximum absolute atomic E-state index is 5.22. The van der Waals surface area contributed by atoms with Gasteiger partial charge in [0.1, 0.15) is 12.7 Å². The zero-order valence-electron chi connectivity index (χ0n) is 77.4. The number of benzene rings is 16. The number of pyridine rings is 4. The zero-order valence-corrected chi connectivity index (χ0v) is 83.0. The first kappa shape index (κ1) is 94.9. The van der Waals surface area contributed by atoms with E-state index in [-0.39, 0.29) is 51.0 Å². The topological polar surface area (TPSA) is 129 Å². The maximum atomic E-state index is 5.22. The second-order valence-electron chi connectivity index (χ2n) is 35.1. The molecule has 0 atom stereocenters. The van der Waals surface area contributed by atoms with Crippen LogP contribution in [0, 0.1) is 24.3 Å². The zero-order chi connectivity index (χ0) is 93.3. The Morgan fingerprint density at radius 3 is 1.01 bits per heavy atom. The van der Waals surface area contributed by atoms with Gasteiger partial charge in [-0.15, -0.1) is 155 Å². The number of hydrogen-bond donors (Lipinski definition) is 0. The largest absolute Gasteiger partial charge is 0.305 e. The summed E-state index contributed by atoms with van der Waals surface area (Å²) in [6, 6.07) is 156. The van der Waals surface area contributed by atoms with Crippen molar-refractivity contribution in [2.24, 2.45) is 0 Å². The molecule has 24 rings (SSSR count). The van der Waals surface area contributed by atoms with Gasteiger partial charge in [0.25, 0.3) is 0 Å². The summed E-state index contributed by atoms with van der Waals surface area (Å²) >= 11 is 1.87. The Labute approximate surface area is 842 Å². The molecule has 0 fully saturated rings. The molecule has 2 radical (unpaired) electrons. The van der Waals surface area contributed by atoms with Gasteiger partial charge in [-0.25, -0.2) is 15.0 Å². The summed E-state index contributed by atoms with van der Waals surface area (Å²) < 4.78 is 2.66. The van der Waals surface area contributed by atoms with E-state index in [4.69, 9.17) is 9.97 Å². The van der Waals surface area contributed by atoms with Crippen LogP contribution in [0.25, 0.3) is 198 Å². The van der Waals surface area contributed by atoms with E-state index >= 15 is 0 Å². The number of aromatic nitrogens is 10. The van der Waals surface area contributed by atoms with Crippen LogP contribution in [-0.4, -0.2) is 49.8 Å². The minimum Gasteiger partial charge on any atom is -0.305 e. The van der Waals surface area contributed by atoms with Gasteiger partial charge >= 0.3 is 0 Å². The summed E-state index contributed by atoms with van der Waals surface area (Å²) in [4.78, 5) is 45.5. The van der Waals surface area contributed by atoms with Gasteiger partial charge in [-0.3, -0.25) is 24.9 Å². The van der Waals surface area contributed by atoms with E-state index in [2.05, 4.69) is 354 Å². The van der Waals surface area contributed by atoms with Crippen molar-refractivity contribution < 1.29 is 40.2 Å². The van der Waals surface area contributed by atoms with Crippen molar-refractivity contribution in [3.8, 4) is 123 Å². The molecule has 0 saturated carbocycles. The first-order valence-electron chi connectivity index (χ1n) is 45.8. The molecule has 10 nitrogen and oxygen atoms in total. The summed E-state index contributed by atoms with van der Waals surface area (Å²) in [5, 5.41) is 9.58. The van der Waals surface area contributed by atoms with E-state index in [1.165, 1.54) is 92.1 Å². The van der Waals surface area contributed by atoms with Crippen LogP contribution in [-0.2, 0) is 51.0 Å². The molecule has 0 aliphatic rings. The predicted octanol–water partition coefficient (Wildman–Crippen LogP) is 32.3. The Morgan fingerprint density at radius 2 is 0.561 bits per heavy atom. The van der Waals surface area contributed by atoms with Crippen molar-refractivity contribution >= 4 is 85.9 Å². The number of nitrogens with zero attached hydrogens (tertiary/aromatic N) is 10. The molecule has 0 bridgehead atoms. The number of hydrogen-bond acceptors (Lipinski definition) is 11. The molecule has 0 aliphatic heterocycles. The minimum absolute atomic E-state index is 0. The van der Waals surface area contributed by atoms with Crippen molar-refractivity contribution in [3.63, 3.8) is 0 Å². The third kappa shape index (κ3) is 22.3. The van der Waals surface area contributed by atoms with Crippen LogP contribution in [0.1, 0.15) is 52.9 Å². The fourth-order valence-corrected chi connectivity index (χ4v) is 18.1. The number of thiophene rings is 1. The van der Waals surface area contributed by atoms with Crippen LogP contribution in [0.2, 0.25) is 0 Å². The molecular formula is C126H94Ir2N10S-4. The average molecular weight is 2160 g/mol. The molecule has 13 heteroatoms. The number of rotatable bonds is 11. The molecule has 24 aromatic rings. The molecule has 0 aliphatic carbocycles. The molecule has 0 saturated heterocycles. The summed E-state index contributed by atoms with van der Waals surface area (Å²) in [5.74, 6) is 0. The Morgan fingerprint density at radius 1 is 0.216 bits per heavy atom. The van der Waals surface area contributed by atoms with Crippen LogP contribution >= 0.6 is 11.3 Å². The Kier molecular flexibility index (Phi) is 30.3. The van der Waals surface area contributed by atoms with Crippen molar-refractivity contribution in [1.82, 2.24) is 49.8 Å². The van der Waals surface area contributed by atoms with Gasteiger partial charge in [-0.1, -0.05) is 321 Å². The van der Waals surface area contributed by atoms with E-state index in [0.29, 0.717) is 0 Å². The molecule has 8 heterocycles. The van der Waals surface area contributed by atoms with Gasteiger partial charge < -0.3 is 9.97 Å². The third-order valence-corrected chi connectivity index (χ3v) is 25.1. The normalized spacial score (nSPS) is 11.0. The van der Waals surface area contributed by atoms with Crippen molar-refractivity contribution in [2.45, 2.75) is 52.4 Å². The molecule has 0 unspecified atom stereocenters.